The quantitative estimate of drug-likeness (QED) is 0.732. The predicted molar refractivity (Wildman–Crippen MR) is 58.8 cm³/mol. The minimum atomic E-state index is 0.559. The van der Waals surface area contributed by atoms with Crippen molar-refractivity contribution >= 4 is 0 Å². The van der Waals surface area contributed by atoms with Crippen LogP contribution in [0.4, 0.5) is 0 Å². The maximum atomic E-state index is 5.16. The smallest absolute Gasteiger partial charge is 0.213 e. The number of nitrogens with zero attached hydrogens (tertiary/aromatic N) is 1. The van der Waals surface area contributed by atoms with Crippen molar-refractivity contribution in [3.8, 4) is 5.88 Å². The summed E-state index contributed by atoms with van der Waals surface area (Å²) in [5, 5.41) is 0. The van der Waals surface area contributed by atoms with Gasteiger partial charge in [0.25, 0.3) is 0 Å². The number of aryl methyl sites for hydroxylation is 1. The summed E-state index contributed by atoms with van der Waals surface area (Å²) in [6.45, 7) is 6.48. The van der Waals surface area contributed by atoms with E-state index in [1.165, 1.54) is 5.56 Å². The second-order valence-electron chi connectivity index (χ2n) is 3.63. The Kier molecular flexibility index (Phi) is 3.93. The van der Waals surface area contributed by atoms with Crippen LogP contribution in [0.2, 0.25) is 0 Å². The lowest BCUT2D eigenvalue weighted by Crippen LogP contribution is -2.01. The standard InChI is InChI=1S/C12H19NO/c1-5-10(6-2)11-7-9(3)8-12(13-11)14-4/h7-8,10H,5-6H2,1-4H3. The van der Waals surface area contributed by atoms with Gasteiger partial charge in [0.05, 0.1) is 7.11 Å². The molecule has 78 valence electrons. The van der Waals surface area contributed by atoms with Gasteiger partial charge in [-0.3, -0.25) is 0 Å². The molecule has 1 aromatic heterocycles. The fraction of sp³-hybridized carbons (Fsp3) is 0.583. The fourth-order valence-electron chi connectivity index (χ4n) is 1.68. The molecule has 0 aliphatic heterocycles. The third-order valence-electron chi connectivity index (χ3n) is 2.58. The molecule has 0 N–H and O–H groups in total. The first-order chi connectivity index (χ1) is 6.71. The number of ether oxygens (including phenoxy) is 1. The average Bonchev–Trinajstić information content (AvgIpc) is 2.19. The van der Waals surface area contributed by atoms with E-state index in [4.69, 9.17) is 4.74 Å². The number of pyridine rings is 1. The summed E-state index contributed by atoms with van der Waals surface area (Å²) in [5.74, 6) is 1.29. The van der Waals surface area contributed by atoms with Crippen LogP contribution in [-0.4, -0.2) is 12.1 Å². The normalized spacial score (nSPS) is 10.6. The molecule has 1 aromatic rings. The number of hydrogen-bond acceptors (Lipinski definition) is 2. The summed E-state index contributed by atoms with van der Waals surface area (Å²) in [6, 6.07) is 4.12. The average molecular weight is 193 g/mol. The molecule has 1 rings (SSSR count). The molecule has 0 spiro atoms. The molecular weight excluding hydrogens is 174 g/mol. The molecule has 0 radical (unpaired) electrons. The summed E-state index contributed by atoms with van der Waals surface area (Å²) in [6.07, 6.45) is 2.27. The van der Waals surface area contributed by atoms with Gasteiger partial charge in [0.1, 0.15) is 0 Å². The molecule has 0 amide bonds. The largest absolute Gasteiger partial charge is 0.481 e. The summed E-state index contributed by atoms with van der Waals surface area (Å²) in [5.41, 5.74) is 2.38. The Labute approximate surface area is 86.3 Å². The third-order valence-corrected chi connectivity index (χ3v) is 2.58. The minimum absolute atomic E-state index is 0.559. The van der Waals surface area contributed by atoms with E-state index in [9.17, 15) is 0 Å². The van der Waals surface area contributed by atoms with Crippen LogP contribution in [0.1, 0.15) is 43.9 Å². The molecule has 0 bridgehead atoms. The molecule has 0 unspecified atom stereocenters. The molecular formula is C12H19NO. The van der Waals surface area contributed by atoms with E-state index in [0.29, 0.717) is 5.92 Å². The van der Waals surface area contributed by atoms with Crippen molar-refractivity contribution in [3.63, 3.8) is 0 Å². The van der Waals surface area contributed by atoms with Crippen molar-refractivity contribution in [1.82, 2.24) is 4.98 Å². The molecule has 0 atom stereocenters. The van der Waals surface area contributed by atoms with Crippen molar-refractivity contribution in [2.45, 2.75) is 39.5 Å². The SMILES string of the molecule is CCC(CC)c1cc(C)cc(OC)n1. The Morgan fingerprint density at radius 1 is 1.29 bits per heavy atom. The van der Waals surface area contributed by atoms with Gasteiger partial charge in [-0.05, 0) is 31.4 Å². The van der Waals surface area contributed by atoms with E-state index in [-0.39, 0.29) is 0 Å². The van der Waals surface area contributed by atoms with Gasteiger partial charge >= 0.3 is 0 Å². The number of rotatable bonds is 4. The van der Waals surface area contributed by atoms with Crippen LogP contribution in [0, 0.1) is 6.92 Å². The third kappa shape index (κ3) is 2.47. The van der Waals surface area contributed by atoms with E-state index in [0.717, 1.165) is 24.4 Å². The molecule has 14 heavy (non-hydrogen) atoms. The van der Waals surface area contributed by atoms with Gasteiger partial charge in [-0.2, -0.15) is 0 Å². The Morgan fingerprint density at radius 2 is 1.93 bits per heavy atom. The van der Waals surface area contributed by atoms with Gasteiger partial charge in [0.15, 0.2) is 0 Å². The highest BCUT2D eigenvalue weighted by Gasteiger charge is 2.10. The van der Waals surface area contributed by atoms with E-state index < -0.39 is 0 Å². The summed E-state index contributed by atoms with van der Waals surface area (Å²) < 4.78 is 5.16. The molecule has 0 saturated carbocycles. The molecule has 0 aliphatic carbocycles. The maximum absolute atomic E-state index is 5.16. The molecule has 0 aliphatic rings. The molecule has 0 fully saturated rings. The van der Waals surface area contributed by atoms with Crippen molar-refractivity contribution < 1.29 is 4.74 Å². The van der Waals surface area contributed by atoms with Crippen LogP contribution in [0.25, 0.3) is 0 Å². The van der Waals surface area contributed by atoms with E-state index in [1.54, 1.807) is 7.11 Å². The molecule has 1 heterocycles. The van der Waals surface area contributed by atoms with Crippen LogP contribution in [0.5, 0.6) is 5.88 Å². The van der Waals surface area contributed by atoms with Gasteiger partial charge in [-0.25, -0.2) is 4.98 Å². The first-order valence-electron chi connectivity index (χ1n) is 5.23. The van der Waals surface area contributed by atoms with Gasteiger partial charge < -0.3 is 4.74 Å². The van der Waals surface area contributed by atoms with Crippen LogP contribution < -0.4 is 4.74 Å². The molecule has 0 aromatic carbocycles. The van der Waals surface area contributed by atoms with Gasteiger partial charge in [0, 0.05) is 17.7 Å². The van der Waals surface area contributed by atoms with Crippen LogP contribution in [-0.2, 0) is 0 Å². The molecule has 0 saturated heterocycles. The first-order valence-corrected chi connectivity index (χ1v) is 5.23. The van der Waals surface area contributed by atoms with Crippen LogP contribution in [0.15, 0.2) is 12.1 Å². The van der Waals surface area contributed by atoms with E-state index >= 15 is 0 Å². The fourth-order valence-corrected chi connectivity index (χ4v) is 1.68. The zero-order valence-electron chi connectivity index (χ0n) is 9.50. The Morgan fingerprint density at radius 3 is 2.43 bits per heavy atom. The van der Waals surface area contributed by atoms with Gasteiger partial charge in [-0.1, -0.05) is 13.8 Å². The second kappa shape index (κ2) is 4.99. The number of hydrogen-bond donors (Lipinski definition) is 0. The Balaban J connectivity index is 3.01. The van der Waals surface area contributed by atoms with Crippen LogP contribution >= 0.6 is 0 Å². The monoisotopic (exact) mass is 193 g/mol. The Bertz CT molecular complexity index is 292. The minimum Gasteiger partial charge on any atom is -0.481 e. The highest BCUT2D eigenvalue weighted by molar-refractivity contribution is 5.25. The lowest BCUT2D eigenvalue weighted by atomic mass is 9.98. The summed E-state index contributed by atoms with van der Waals surface area (Å²) >= 11 is 0. The van der Waals surface area contributed by atoms with Crippen molar-refractivity contribution in [1.29, 1.82) is 0 Å². The van der Waals surface area contributed by atoms with Gasteiger partial charge in [-0.15, -0.1) is 0 Å². The maximum Gasteiger partial charge on any atom is 0.213 e. The lowest BCUT2D eigenvalue weighted by molar-refractivity contribution is 0.394. The first kappa shape index (κ1) is 11.0. The highest BCUT2D eigenvalue weighted by Crippen LogP contribution is 2.24. The summed E-state index contributed by atoms with van der Waals surface area (Å²) in [7, 11) is 1.67. The van der Waals surface area contributed by atoms with Crippen molar-refractivity contribution in [2.24, 2.45) is 0 Å². The van der Waals surface area contributed by atoms with E-state index in [1.807, 2.05) is 6.07 Å². The zero-order chi connectivity index (χ0) is 10.6. The van der Waals surface area contributed by atoms with Crippen molar-refractivity contribution in [3.05, 3.63) is 23.4 Å². The molecule has 2 nitrogen and oxygen atoms in total. The van der Waals surface area contributed by atoms with Gasteiger partial charge in [0.2, 0.25) is 5.88 Å². The Hall–Kier alpha value is -1.05. The van der Waals surface area contributed by atoms with Crippen molar-refractivity contribution in [2.75, 3.05) is 7.11 Å². The zero-order valence-corrected chi connectivity index (χ0v) is 9.50. The second-order valence-corrected chi connectivity index (χ2v) is 3.63. The highest BCUT2D eigenvalue weighted by atomic mass is 16.5. The number of methoxy groups -OCH3 is 1. The lowest BCUT2D eigenvalue weighted by Gasteiger charge is -2.13. The topological polar surface area (TPSA) is 22.1 Å². The summed E-state index contributed by atoms with van der Waals surface area (Å²) in [4.78, 5) is 4.47. The van der Waals surface area contributed by atoms with E-state index in [2.05, 4.69) is 31.8 Å². The van der Waals surface area contributed by atoms with Crippen LogP contribution in [0.3, 0.4) is 0 Å². The molecule has 2 heteroatoms. The predicted octanol–water partition coefficient (Wildman–Crippen LogP) is 3.30. The number of aromatic nitrogens is 1.